The maximum Gasteiger partial charge on any atom is 0.220 e. The molecule has 5 rings (SSSR count). The third kappa shape index (κ3) is 5.12. The van der Waals surface area contributed by atoms with Crippen molar-refractivity contribution in [3.63, 3.8) is 0 Å². The molecule has 10 heteroatoms. The average Bonchev–Trinajstić information content (AvgIpc) is 3.30. The number of ether oxygens (including phenoxy) is 2. The van der Waals surface area contributed by atoms with E-state index in [-0.39, 0.29) is 17.9 Å². The van der Waals surface area contributed by atoms with E-state index >= 15 is 0 Å². The lowest BCUT2D eigenvalue weighted by Crippen LogP contribution is -2.39. The van der Waals surface area contributed by atoms with Gasteiger partial charge in [-0.25, -0.2) is 15.0 Å². The van der Waals surface area contributed by atoms with Crippen LogP contribution in [0.15, 0.2) is 55.0 Å². The molecule has 0 amide bonds. The summed E-state index contributed by atoms with van der Waals surface area (Å²) in [4.78, 5) is 29.2. The van der Waals surface area contributed by atoms with Crippen molar-refractivity contribution in [3.05, 3.63) is 71.3 Å². The molecule has 180 valence electrons. The van der Waals surface area contributed by atoms with Gasteiger partial charge in [0.15, 0.2) is 5.78 Å². The molecule has 0 saturated carbocycles. The predicted molar refractivity (Wildman–Crippen MR) is 131 cm³/mol. The number of rotatable bonds is 7. The van der Waals surface area contributed by atoms with Crippen molar-refractivity contribution in [2.24, 2.45) is 0 Å². The second kappa shape index (κ2) is 9.99. The normalized spacial score (nSPS) is 18.8. The number of halogens is 1. The van der Waals surface area contributed by atoms with Gasteiger partial charge in [-0.2, -0.15) is 0 Å². The van der Waals surface area contributed by atoms with E-state index in [1.54, 1.807) is 55.6 Å². The van der Waals surface area contributed by atoms with Crippen LogP contribution in [-0.2, 0) is 4.74 Å². The van der Waals surface area contributed by atoms with E-state index in [1.165, 1.54) is 6.33 Å². The van der Waals surface area contributed by atoms with Crippen LogP contribution in [0, 0.1) is 0 Å². The Hall–Kier alpha value is -3.53. The van der Waals surface area contributed by atoms with Gasteiger partial charge in [-0.3, -0.25) is 4.79 Å². The first-order valence-electron chi connectivity index (χ1n) is 11.3. The molecular weight excluding hydrogens is 470 g/mol. The van der Waals surface area contributed by atoms with Gasteiger partial charge in [0.25, 0.3) is 0 Å². The Morgan fingerprint density at radius 2 is 2.06 bits per heavy atom. The number of pyridine rings is 1. The molecule has 35 heavy (non-hydrogen) atoms. The molecule has 1 saturated heterocycles. The fraction of sp³-hybridized carbons (Fsp3) is 0.280. The number of hydrogen-bond donors (Lipinski definition) is 3. The van der Waals surface area contributed by atoms with Crippen molar-refractivity contribution >= 4 is 34.2 Å². The van der Waals surface area contributed by atoms with Gasteiger partial charge in [-0.05, 0) is 50.1 Å². The van der Waals surface area contributed by atoms with Gasteiger partial charge in [0.1, 0.15) is 28.7 Å². The highest BCUT2D eigenvalue weighted by molar-refractivity contribution is 6.29. The van der Waals surface area contributed by atoms with Crippen molar-refractivity contribution in [2.75, 3.05) is 11.9 Å². The molecule has 4 aromatic rings. The Bertz CT molecular complexity index is 1330. The summed E-state index contributed by atoms with van der Waals surface area (Å²) < 4.78 is 11.5. The minimum absolute atomic E-state index is 0.0116. The summed E-state index contributed by atoms with van der Waals surface area (Å²) in [7, 11) is 0. The summed E-state index contributed by atoms with van der Waals surface area (Å²) in [5.41, 5.74) is 1.52. The van der Waals surface area contributed by atoms with Crippen LogP contribution in [0.1, 0.15) is 35.7 Å². The Balaban J connectivity index is 1.35. The number of fused-ring (bicyclic) bond motifs is 1. The number of aliphatic hydroxyl groups is 1. The minimum atomic E-state index is -0.505. The molecule has 3 aromatic heterocycles. The number of benzene rings is 1. The summed E-state index contributed by atoms with van der Waals surface area (Å²) >= 11 is 5.90. The van der Waals surface area contributed by atoms with Gasteiger partial charge < -0.3 is 24.9 Å². The van der Waals surface area contributed by atoms with E-state index in [4.69, 9.17) is 21.1 Å². The second-order valence-electron chi connectivity index (χ2n) is 8.43. The Morgan fingerprint density at radius 3 is 2.77 bits per heavy atom. The molecule has 0 unspecified atom stereocenters. The van der Waals surface area contributed by atoms with E-state index < -0.39 is 6.10 Å². The fourth-order valence-electron chi connectivity index (χ4n) is 4.11. The number of H-pyrrole nitrogens is 1. The first kappa shape index (κ1) is 23.2. The Morgan fingerprint density at radius 1 is 1.23 bits per heavy atom. The molecule has 3 N–H and O–H groups in total. The maximum absolute atomic E-state index is 13.4. The summed E-state index contributed by atoms with van der Waals surface area (Å²) in [6, 6.07) is 11.9. The van der Waals surface area contributed by atoms with Crippen molar-refractivity contribution in [1.82, 2.24) is 19.9 Å². The molecule has 4 heterocycles. The minimum Gasteiger partial charge on any atom is -0.439 e. The van der Waals surface area contributed by atoms with Crippen LogP contribution in [-0.4, -0.2) is 55.7 Å². The zero-order valence-electron chi connectivity index (χ0n) is 18.9. The molecule has 1 aromatic carbocycles. The number of aromatic nitrogens is 4. The number of carbonyl (C=O) groups is 1. The lowest BCUT2D eigenvalue weighted by Gasteiger charge is -2.31. The number of hydrogen-bond acceptors (Lipinski definition) is 8. The Kier molecular flexibility index (Phi) is 6.63. The van der Waals surface area contributed by atoms with Crippen LogP contribution in [0.2, 0.25) is 5.15 Å². The molecule has 0 aliphatic carbocycles. The molecule has 0 spiro atoms. The molecule has 0 bridgehead atoms. The van der Waals surface area contributed by atoms with Gasteiger partial charge in [0, 0.05) is 17.8 Å². The number of ketones is 1. The Labute approximate surface area is 206 Å². The third-order valence-corrected chi connectivity index (χ3v) is 6.14. The highest BCUT2D eigenvalue weighted by Gasteiger charge is 2.26. The number of carbonyl (C=O) groups excluding carboxylic acids is 1. The van der Waals surface area contributed by atoms with Gasteiger partial charge in [0.05, 0.1) is 35.8 Å². The molecule has 9 nitrogen and oxygen atoms in total. The van der Waals surface area contributed by atoms with E-state index in [0.717, 1.165) is 12.8 Å². The fourth-order valence-corrected chi connectivity index (χ4v) is 4.26. The van der Waals surface area contributed by atoms with Crippen LogP contribution < -0.4 is 10.1 Å². The van der Waals surface area contributed by atoms with E-state index in [2.05, 4.69) is 25.3 Å². The number of aromatic amines is 1. The molecule has 0 radical (unpaired) electrons. The summed E-state index contributed by atoms with van der Waals surface area (Å²) in [6.45, 7) is 2.18. The number of aliphatic hydroxyl groups excluding tert-OH is 1. The standard InChI is InChI=1S/C25H24ClN5O4/c1-14(32)19-10-7-16(12-34-19)30-25-22-18(11-27-24(22)28-13-29-25)23(33)15-5-8-17(9-6-15)35-21-4-2-3-20(26)31-21/h2-6,8-9,11,13-14,16,19,32H,7,10,12H2,1H3,(H2,27,28,29,30)/t14-,16-,19+/m1/s1. The van der Waals surface area contributed by atoms with E-state index in [1.807, 2.05) is 0 Å². The summed E-state index contributed by atoms with van der Waals surface area (Å²) in [6.07, 6.45) is 3.99. The predicted octanol–water partition coefficient (Wildman–Crippen LogP) is 4.37. The number of anilines is 1. The van der Waals surface area contributed by atoms with Gasteiger partial charge in [0.2, 0.25) is 5.88 Å². The van der Waals surface area contributed by atoms with Gasteiger partial charge in [-0.1, -0.05) is 17.7 Å². The van der Waals surface area contributed by atoms with Crippen molar-refractivity contribution < 1.29 is 19.4 Å². The summed E-state index contributed by atoms with van der Waals surface area (Å²) in [5, 5.41) is 14.1. The van der Waals surface area contributed by atoms with Crippen molar-refractivity contribution in [3.8, 4) is 11.6 Å². The third-order valence-electron chi connectivity index (χ3n) is 5.93. The van der Waals surface area contributed by atoms with Gasteiger partial charge >= 0.3 is 0 Å². The number of nitrogens with one attached hydrogen (secondary N) is 2. The van der Waals surface area contributed by atoms with Crippen molar-refractivity contribution in [1.29, 1.82) is 0 Å². The van der Waals surface area contributed by atoms with E-state index in [0.29, 0.717) is 51.4 Å². The highest BCUT2D eigenvalue weighted by atomic mass is 35.5. The molecular formula is C25H24ClN5O4. The van der Waals surface area contributed by atoms with Crippen LogP contribution >= 0.6 is 11.6 Å². The first-order valence-corrected chi connectivity index (χ1v) is 11.7. The lowest BCUT2D eigenvalue weighted by molar-refractivity contribution is -0.0584. The highest BCUT2D eigenvalue weighted by Crippen LogP contribution is 2.29. The first-order chi connectivity index (χ1) is 17.0. The van der Waals surface area contributed by atoms with Crippen LogP contribution in [0.3, 0.4) is 0 Å². The maximum atomic E-state index is 13.4. The lowest BCUT2D eigenvalue weighted by atomic mass is 10.0. The van der Waals surface area contributed by atoms with E-state index in [9.17, 15) is 9.90 Å². The quantitative estimate of drug-likeness (QED) is 0.256. The molecule has 1 aliphatic rings. The average molecular weight is 494 g/mol. The second-order valence-corrected chi connectivity index (χ2v) is 8.82. The topological polar surface area (TPSA) is 122 Å². The van der Waals surface area contributed by atoms with Crippen LogP contribution in [0.5, 0.6) is 11.6 Å². The van der Waals surface area contributed by atoms with Crippen LogP contribution in [0.4, 0.5) is 5.82 Å². The largest absolute Gasteiger partial charge is 0.439 e. The SMILES string of the molecule is C[C@@H](O)[C@@H]1CC[C@@H](Nc2ncnc3[nH]cc(C(=O)c4ccc(Oc5cccc(Cl)n5)cc4)c23)CO1. The molecule has 1 fully saturated rings. The molecule has 3 atom stereocenters. The van der Waals surface area contributed by atoms with Crippen molar-refractivity contribution in [2.45, 2.75) is 38.0 Å². The van der Waals surface area contributed by atoms with Gasteiger partial charge in [-0.15, -0.1) is 0 Å². The zero-order valence-corrected chi connectivity index (χ0v) is 19.7. The zero-order chi connectivity index (χ0) is 24.4. The smallest absolute Gasteiger partial charge is 0.220 e. The number of nitrogens with zero attached hydrogens (tertiary/aromatic N) is 3. The summed E-state index contributed by atoms with van der Waals surface area (Å²) in [5.74, 6) is 1.30. The van der Waals surface area contributed by atoms with Crippen LogP contribution in [0.25, 0.3) is 11.0 Å². The monoisotopic (exact) mass is 493 g/mol. The molecule has 1 aliphatic heterocycles.